The van der Waals surface area contributed by atoms with Crippen molar-refractivity contribution in [3.8, 4) is 11.1 Å². The number of alkyl halides is 3. The Bertz CT molecular complexity index is 1210. The number of aliphatic carboxylic acids is 1. The molecule has 0 bridgehead atoms. The van der Waals surface area contributed by atoms with Crippen LogP contribution >= 0.6 is 0 Å². The van der Waals surface area contributed by atoms with Crippen LogP contribution in [0.3, 0.4) is 0 Å². The Hall–Kier alpha value is -4.11. The zero-order valence-corrected chi connectivity index (χ0v) is 22.2. The van der Waals surface area contributed by atoms with E-state index in [0.29, 0.717) is 34.2 Å². The first kappa shape index (κ1) is 31.1. The van der Waals surface area contributed by atoms with Crippen molar-refractivity contribution in [1.82, 2.24) is 20.8 Å². The molecule has 0 amide bonds. The van der Waals surface area contributed by atoms with Gasteiger partial charge in [-0.25, -0.2) is 4.79 Å². The highest BCUT2D eigenvalue weighted by atomic mass is 19.4. The van der Waals surface area contributed by atoms with Crippen LogP contribution in [0.4, 0.5) is 24.5 Å². The molecule has 216 valence electrons. The Kier molecular flexibility index (Phi) is 9.36. The van der Waals surface area contributed by atoms with Crippen molar-refractivity contribution in [2.45, 2.75) is 63.8 Å². The van der Waals surface area contributed by atoms with Crippen LogP contribution in [0.5, 0.6) is 0 Å². The van der Waals surface area contributed by atoms with Crippen molar-refractivity contribution in [3.63, 3.8) is 0 Å². The standard InChI is InChI=1S/C22H36N10.C2HF3O2/c1-21(2)8-13(9-22(3,4)32-21)30-20(26)17(24)7-16(23)15-6-5-14(12-10-28-29-11-12)18(25)19(15)31-27;3-2(4,5)1(6)7/h5-7,10-11,13,30-32H,8-9,23-27H2,1-4H3,(H,28,29);(H,6,7)/b16-7-,20-17-;. The molecule has 1 aromatic heterocycles. The number of nitrogen functional groups attached to an aromatic ring is 2. The molecule has 1 aromatic carbocycles. The molecule has 1 aliphatic heterocycles. The van der Waals surface area contributed by atoms with Gasteiger partial charge in [-0.05, 0) is 46.6 Å². The zero-order valence-electron chi connectivity index (χ0n) is 22.2. The average Bonchev–Trinajstić information content (AvgIpc) is 3.30. The number of carboxylic acids is 1. The fourth-order valence-corrected chi connectivity index (χ4v) is 4.72. The number of carbonyl (C=O) groups is 1. The van der Waals surface area contributed by atoms with Crippen LogP contribution in [0.2, 0.25) is 0 Å². The highest BCUT2D eigenvalue weighted by molar-refractivity contribution is 5.92. The van der Waals surface area contributed by atoms with Crippen molar-refractivity contribution < 1.29 is 23.1 Å². The van der Waals surface area contributed by atoms with E-state index in [1.807, 2.05) is 12.1 Å². The first-order valence-electron chi connectivity index (χ1n) is 11.8. The summed E-state index contributed by atoms with van der Waals surface area (Å²) in [5.74, 6) is 3.38. The van der Waals surface area contributed by atoms with Gasteiger partial charge in [-0.1, -0.05) is 12.1 Å². The number of anilines is 2. The molecule has 0 saturated carbocycles. The molecule has 2 aromatic rings. The summed E-state index contributed by atoms with van der Waals surface area (Å²) in [6.07, 6.45) is 1.79. The fourth-order valence-electron chi connectivity index (χ4n) is 4.72. The minimum absolute atomic E-state index is 0.0146. The van der Waals surface area contributed by atoms with Gasteiger partial charge in [0.2, 0.25) is 0 Å². The van der Waals surface area contributed by atoms with Gasteiger partial charge in [0.25, 0.3) is 0 Å². The summed E-state index contributed by atoms with van der Waals surface area (Å²) in [5, 5.41) is 20.9. The van der Waals surface area contributed by atoms with E-state index < -0.39 is 12.1 Å². The molecule has 1 aliphatic rings. The highest BCUT2D eigenvalue weighted by Crippen LogP contribution is 2.36. The summed E-state index contributed by atoms with van der Waals surface area (Å²) in [6.45, 7) is 8.73. The molecule has 0 atom stereocenters. The van der Waals surface area contributed by atoms with Crippen molar-refractivity contribution >= 4 is 23.0 Å². The lowest BCUT2D eigenvalue weighted by Gasteiger charge is -2.47. The molecule has 1 fully saturated rings. The number of nitrogens with two attached hydrogens (primary N) is 5. The van der Waals surface area contributed by atoms with Gasteiger partial charge in [0, 0.05) is 45.7 Å². The second kappa shape index (κ2) is 11.7. The number of rotatable bonds is 6. The third kappa shape index (κ3) is 8.44. The van der Waals surface area contributed by atoms with Gasteiger partial charge in [-0.15, -0.1) is 0 Å². The van der Waals surface area contributed by atoms with Crippen LogP contribution < -0.4 is 44.8 Å². The maximum absolute atomic E-state index is 10.6. The van der Waals surface area contributed by atoms with Gasteiger partial charge in [0.15, 0.2) is 0 Å². The highest BCUT2D eigenvalue weighted by Gasteiger charge is 2.38. The third-order valence-corrected chi connectivity index (χ3v) is 5.92. The normalized spacial score (nSPS) is 17.9. The van der Waals surface area contributed by atoms with Crippen LogP contribution in [-0.4, -0.2) is 44.6 Å². The summed E-state index contributed by atoms with van der Waals surface area (Å²) in [7, 11) is 0. The summed E-state index contributed by atoms with van der Waals surface area (Å²) >= 11 is 0. The number of benzene rings is 1. The van der Waals surface area contributed by atoms with E-state index >= 15 is 0 Å². The number of aromatic amines is 1. The number of H-pyrrole nitrogens is 1. The molecular weight excluding hydrogens is 517 g/mol. The van der Waals surface area contributed by atoms with Crippen LogP contribution in [0.25, 0.3) is 16.8 Å². The molecule has 12 nitrogen and oxygen atoms in total. The van der Waals surface area contributed by atoms with Gasteiger partial charge < -0.3 is 44.1 Å². The SMILES string of the molecule is CC1(C)CC(N/C(N)=C(N)/C=C(\N)c2ccc(-c3cn[nH]c3)c(N)c2NN)CC(C)(C)N1.O=C(O)C(F)(F)F. The lowest BCUT2D eigenvalue weighted by atomic mass is 9.79. The Balaban J connectivity index is 0.000000673. The number of nitrogens with zero attached hydrogens (tertiary/aromatic N) is 1. The predicted octanol–water partition coefficient (Wildman–Crippen LogP) is 1.86. The van der Waals surface area contributed by atoms with Gasteiger partial charge in [-0.3, -0.25) is 10.9 Å². The maximum Gasteiger partial charge on any atom is 0.490 e. The van der Waals surface area contributed by atoms with Gasteiger partial charge in [0.05, 0.1) is 23.3 Å². The smallest absolute Gasteiger partial charge is 0.475 e. The first-order chi connectivity index (χ1) is 17.9. The van der Waals surface area contributed by atoms with Crippen molar-refractivity contribution in [2.24, 2.45) is 23.0 Å². The van der Waals surface area contributed by atoms with E-state index in [9.17, 15) is 13.2 Å². The lowest BCUT2D eigenvalue weighted by Crippen LogP contribution is -2.61. The minimum Gasteiger partial charge on any atom is -0.475 e. The van der Waals surface area contributed by atoms with Gasteiger partial charge >= 0.3 is 12.1 Å². The molecule has 15 N–H and O–H groups in total. The van der Waals surface area contributed by atoms with Crippen molar-refractivity contribution in [1.29, 1.82) is 0 Å². The number of hydrogen-bond donors (Lipinski definition) is 10. The number of halogens is 3. The van der Waals surface area contributed by atoms with E-state index in [-0.39, 0.29) is 17.1 Å². The second-order valence-electron chi connectivity index (χ2n) is 10.5. The number of allylic oxidation sites excluding steroid dienone is 1. The Morgan fingerprint density at radius 1 is 1.15 bits per heavy atom. The number of nitrogens with one attached hydrogen (secondary N) is 4. The molecule has 0 radical (unpaired) electrons. The third-order valence-electron chi connectivity index (χ3n) is 5.92. The summed E-state index contributed by atoms with van der Waals surface area (Å²) < 4.78 is 31.7. The van der Waals surface area contributed by atoms with Crippen molar-refractivity contribution in [2.75, 3.05) is 11.2 Å². The van der Waals surface area contributed by atoms with E-state index in [1.165, 1.54) is 0 Å². The Morgan fingerprint density at radius 3 is 2.18 bits per heavy atom. The zero-order chi connectivity index (χ0) is 29.8. The van der Waals surface area contributed by atoms with E-state index in [1.54, 1.807) is 18.5 Å². The molecule has 15 heteroatoms. The molecule has 0 unspecified atom stereocenters. The van der Waals surface area contributed by atoms with Crippen LogP contribution in [0.1, 0.15) is 46.1 Å². The number of carboxylic acid groups (broad SMARTS) is 1. The molecule has 0 aliphatic carbocycles. The molecule has 39 heavy (non-hydrogen) atoms. The Morgan fingerprint density at radius 2 is 1.72 bits per heavy atom. The fraction of sp³-hybridized carbons (Fsp3) is 0.417. The molecule has 1 saturated heterocycles. The molecule has 3 rings (SSSR count). The van der Waals surface area contributed by atoms with Crippen LogP contribution in [0.15, 0.2) is 42.1 Å². The summed E-state index contributed by atoms with van der Waals surface area (Å²) in [4.78, 5) is 8.90. The Labute approximate surface area is 224 Å². The first-order valence-corrected chi connectivity index (χ1v) is 11.8. The van der Waals surface area contributed by atoms with E-state index in [0.717, 1.165) is 24.0 Å². The number of hydrazine groups is 1. The van der Waals surface area contributed by atoms with E-state index in [4.69, 9.17) is 38.7 Å². The van der Waals surface area contributed by atoms with E-state index in [2.05, 4.69) is 54.0 Å². The van der Waals surface area contributed by atoms with Crippen LogP contribution in [-0.2, 0) is 4.79 Å². The molecule has 2 heterocycles. The van der Waals surface area contributed by atoms with Gasteiger partial charge in [0.1, 0.15) is 5.82 Å². The number of hydrogen-bond acceptors (Lipinski definition) is 10. The topological polar surface area (TPSA) is 232 Å². The minimum atomic E-state index is -5.08. The quantitative estimate of drug-likeness (QED) is 0.107. The summed E-state index contributed by atoms with van der Waals surface area (Å²) in [5.41, 5.74) is 31.8. The summed E-state index contributed by atoms with van der Waals surface area (Å²) in [6, 6.07) is 3.87. The molecular formula is C24H37F3N10O2. The lowest BCUT2D eigenvalue weighted by molar-refractivity contribution is -0.192. The average molecular weight is 555 g/mol. The number of aromatic nitrogens is 2. The predicted molar refractivity (Wildman–Crippen MR) is 145 cm³/mol. The van der Waals surface area contributed by atoms with Gasteiger partial charge in [-0.2, -0.15) is 18.3 Å². The van der Waals surface area contributed by atoms with Crippen LogP contribution in [0, 0.1) is 0 Å². The molecule has 0 spiro atoms. The monoisotopic (exact) mass is 554 g/mol. The van der Waals surface area contributed by atoms with Crippen molar-refractivity contribution in [3.05, 3.63) is 47.7 Å². The second-order valence-corrected chi connectivity index (χ2v) is 10.5. The number of piperidine rings is 1. The largest absolute Gasteiger partial charge is 0.490 e. The maximum atomic E-state index is 10.6.